The average molecular weight is 446 g/mol. The normalized spacial score (nSPS) is 13.5. The maximum Gasteiger partial charge on any atom is 0.232 e. The fourth-order valence-corrected chi connectivity index (χ4v) is 3.87. The van der Waals surface area contributed by atoms with E-state index in [1.54, 1.807) is 31.4 Å². The second-order valence-electron chi connectivity index (χ2n) is 7.69. The van der Waals surface area contributed by atoms with Crippen LogP contribution in [0.4, 0.5) is 0 Å². The van der Waals surface area contributed by atoms with Gasteiger partial charge in [-0.15, -0.1) is 0 Å². The number of benzene rings is 3. The Morgan fingerprint density at radius 3 is 2.33 bits per heavy atom. The van der Waals surface area contributed by atoms with Crippen LogP contribution in [-0.4, -0.2) is 27.1 Å². The van der Waals surface area contributed by atoms with Crippen molar-refractivity contribution < 1.29 is 28.5 Å². The van der Waals surface area contributed by atoms with Crippen molar-refractivity contribution in [3.05, 3.63) is 82.1 Å². The van der Waals surface area contributed by atoms with Gasteiger partial charge in [0.15, 0.2) is 17.3 Å². The molecule has 0 bridgehead atoms. The van der Waals surface area contributed by atoms with Crippen LogP contribution < -0.4 is 23.7 Å². The Labute approximate surface area is 193 Å². The lowest BCUT2D eigenvalue weighted by Crippen LogP contribution is -2.01. The number of ether oxygens (including phenoxy) is 5. The van der Waals surface area contributed by atoms with Gasteiger partial charge in [-0.25, -0.2) is 0 Å². The summed E-state index contributed by atoms with van der Waals surface area (Å²) in [7, 11) is 4.62. The van der Waals surface area contributed by atoms with Crippen LogP contribution in [0.2, 0.25) is 0 Å². The molecule has 0 amide bonds. The lowest BCUT2D eigenvalue weighted by Gasteiger charge is -2.14. The minimum absolute atomic E-state index is 0.190. The molecule has 0 N–H and O–H groups in total. The van der Waals surface area contributed by atoms with Gasteiger partial charge in [0.05, 0.1) is 26.9 Å². The molecule has 3 aromatic carbocycles. The summed E-state index contributed by atoms with van der Waals surface area (Å²) >= 11 is 0. The Bertz CT molecular complexity index is 1240. The molecule has 1 heterocycles. The van der Waals surface area contributed by atoms with Crippen molar-refractivity contribution in [1.82, 2.24) is 0 Å². The SMILES string of the molecule is COc1ccc(/C=C2\Oc3cc(OCc4ccccc4C)cc(C)c3C2=O)c(OC)c1OC. The number of hydrogen-bond acceptors (Lipinski definition) is 6. The molecular formula is C27H26O6. The van der Waals surface area contributed by atoms with E-state index in [0.29, 0.717) is 46.5 Å². The minimum Gasteiger partial charge on any atom is -0.493 e. The Kier molecular flexibility index (Phi) is 6.27. The predicted molar refractivity (Wildman–Crippen MR) is 126 cm³/mol. The molecule has 1 aliphatic rings. The third-order valence-corrected chi connectivity index (χ3v) is 5.62. The van der Waals surface area contributed by atoms with E-state index in [9.17, 15) is 4.79 Å². The van der Waals surface area contributed by atoms with Crippen LogP contribution in [0.1, 0.15) is 32.6 Å². The quantitative estimate of drug-likeness (QED) is 0.445. The smallest absolute Gasteiger partial charge is 0.232 e. The Morgan fingerprint density at radius 1 is 0.879 bits per heavy atom. The molecule has 0 atom stereocenters. The van der Waals surface area contributed by atoms with Gasteiger partial charge in [-0.05, 0) is 54.8 Å². The van der Waals surface area contributed by atoms with Crippen molar-refractivity contribution in [3.63, 3.8) is 0 Å². The molecule has 0 fully saturated rings. The average Bonchev–Trinajstić information content (AvgIpc) is 3.13. The van der Waals surface area contributed by atoms with Crippen molar-refractivity contribution in [2.24, 2.45) is 0 Å². The predicted octanol–water partition coefficient (Wildman–Crippen LogP) is 5.52. The second kappa shape index (κ2) is 9.28. The summed E-state index contributed by atoms with van der Waals surface area (Å²) in [6.07, 6.45) is 1.65. The summed E-state index contributed by atoms with van der Waals surface area (Å²) in [5, 5.41) is 0. The highest BCUT2D eigenvalue weighted by Gasteiger charge is 2.30. The Morgan fingerprint density at radius 2 is 1.64 bits per heavy atom. The third-order valence-electron chi connectivity index (χ3n) is 5.62. The zero-order chi connectivity index (χ0) is 23.5. The van der Waals surface area contributed by atoms with Crippen LogP contribution in [0.3, 0.4) is 0 Å². The highest BCUT2D eigenvalue weighted by Crippen LogP contribution is 2.42. The van der Waals surface area contributed by atoms with E-state index >= 15 is 0 Å². The number of rotatable bonds is 7. The number of carbonyl (C=O) groups is 1. The Hall–Kier alpha value is -3.93. The minimum atomic E-state index is -0.190. The molecule has 0 unspecified atom stereocenters. The van der Waals surface area contributed by atoms with E-state index in [0.717, 1.165) is 16.7 Å². The van der Waals surface area contributed by atoms with E-state index in [2.05, 4.69) is 0 Å². The summed E-state index contributed by atoms with van der Waals surface area (Å²) < 4.78 is 28.2. The lowest BCUT2D eigenvalue weighted by atomic mass is 10.0. The van der Waals surface area contributed by atoms with Gasteiger partial charge in [-0.3, -0.25) is 4.79 Å². The van der Waals surface area contributed by atoms with Crippen molar-refractivity contribution >= 4 is 11.9 Å². The third kappa shape index (κ3) is 4.24. The van der Waals surface area contributed by atoms with Crippen molar-refractivity contribution in [3.8, 4) is 28.7 Å². The molecule has 6 heteroatoms. The summed E-state index contributed by atoms with van der Waals surface area (Å²) in [4.78, 5) is 13.1. The maximum absolute atomic E-state index is 13.1. The fraction of sp³-hybridized carbons (Fsp3) is 0.222. The number of fused-ring (bicyclic) bond motifs is 1. The summed E-state index contributed by atoms with van der Waals surface area (Å²) in [5.74, 6) is 2.57. The number of Topliss-reactive ketones (excluding diaryl/α,β-unsaturated/α-hetero) is 1. The molecule has 170 valence electrons. The molecule has 0 aromatic heterocycles. The molecule has 4 rings (SSSR count). The second-order valence-corrected chi connectivity index (χ2v) is 7.69. The number of ketones is 1. The number of allylic oxidation sites excluding steroid dienone is 1. The van der Waals surface area contributed by atoms with Crippen LogP contribution in [0.5, 0.6) is 28.7 Å². The van der Waals surface area contributed by atoms with Gasteiger partial charge in [-0.2, -0.15) is 0 Å². The van der Waals surface area contributed by atoms with Gasteiger partial charge in [0.2, 0.25) is 11.5 Å². The number of hydrogen-bond donors (Lipinski definition) is 0. The molecule has 0 saturated carbocycles. The van der Waals surface area contributed by atoms with Crippen LogP contribution in [0.15, 0.2) is 54.3 Å². The zero-order valence-corrected chi connectivity index (χ0v) is 19.4. The van der Waals surface area contributed by atoms with Gasteiger partial charge >= 0.3 is 0 Å². The summed E-state index contributed by atoms with van der Waals surface area (Å²) in [5.41, 5.74) is 4.23. The first kappa shape index (κ1) is 22.3. The van der Waals surface area contributed by atoms with Gasteiger partial charge in [0.25, 0.3) is 0 Å². The molecule has 3 aromatic rings. The van der Waals surface area contributed by atoms with Crippen LogP contribution >= 0.6 is 0 Å². The maximum atomic E-state index is 13.1. The molecule has 0 radical (unpaired) electrons. The molecule has 0 saturated heterocycles. The van der Waals surface area contributed by atoms with Crippen LogP contribution in [0, 0.1) is 13.8 Å². The van der Waals surface area contributed by atoms with Crippen molar-refractivity contribution in [2.45, 2.75) is 20.5 Å². The van der Waals surface area contributed by atoms with E-state index in [1.165, 1.54) is 14.2 Å². The van der Waals surface area contributed by atoms with Gasteiger partial charge in [-0.1, -0.05) is 24.3 Å². The highest BCUT2D eigenvalue weighted by atomic mass is 16.5. The van der Waals surface area contributed by atoms with Crippen LogP contribution in [-0.2, 0) is 6.61 Å². The van der Waals surface area contributed by atoms with E-state index in [-0.39, 0.29) is 11.5 Å². The highest BCUT2D eigenvalue weighted by molar-refractivity contribution is 6.15. The number of aryl methyl sites for hydroxylation is 2. The monoisotopic (exact) mass is 446 g/mol. The largest absolute Gasteiger partial charge is 0.493 e. The summed E-state index contributed by atoms with van der Waals surface area (Å²) in [6.45, 7) is 4.36. The first-order valence-electron chi connectivity index (χ1n) is 10.5. The first-order valence-corrected chi connectivity index (χ1v) is 10.5. The number of methoxy groups -OCH3 is 3. The standard InChI is InChI=1S/C27H26O6/c1-16-8-6-7-9-19(16)15-32-20-12-17(2)24-22(14-20)33-23(25(24)28)13-18-10-11-21(29-3)27(31-5)26(18)30-4/h6-14H,15H2,1-5H3/b23-13-. The lowest BCUT2D eigenvalue weighted by molar-refractivity contribution is 0.101. The fourth-order valence-electron chi connectivity index (χ4n) is 3.87. The van der Waals surface area contributed by atoms with E-state index in [1.807, 2.05) is 44.2 Å². The number of carbonyl (C=O) groups excluding carboxylic acids is 1. The van der Waals surface area contributed by atoms with Gasteiger partial charge in [0.1, 0.15) is 18.1 Å². The van der Waals surface area contributed by atoms with E-state index < -0.39 is 0 Å². The van der Waals surface area contributed by atoms with Gasteiger partial charge < -0.3 is 23.7 Å². The molecule has 33 heavy (non-hydrogen) atoms. The summed E-state index contributed by atoms with van der Waals surface area (Å²) in [6, 6.07) is 15.2. The van der Waals surface area contributed by atoms with Crippen molar-refractivity contribution in [1.29, 1.82) is 0 Å². The molecular weight excluding hydrogens is 420 g/mol. The molecule has 6 nitrogen and oxygen atoms in total. The molecule has 0 aliphatic carbocycles. The molecule has 0 spiro atoms. The van der Waals surface area contributed by atoms with Crippen molar-refractivity contribution in [2.75, 3.05) is 21.3 Å². The van der Waals surface area contributed by atoms with Gasteiger partial charge in [0, 0.05) is 11.6 Å². The first-order chi connectivity index (χ1) is 16.0. The molecule has 1 aliphatic heterocycles. The zero-order valence-electron chi connectivity index (χ0n) is 19.4. The van der Waals surface area contributed by atoms with Crippen LogP contribution in [0.25, 0.3) is 6.08 Å². The topological polar surface area (TPSA) is 63.2 Å². The Balaban J connectivity index is 1.63. The van der Waals surface area contributed by atoms with E-state index in [4.69, 9.17) is 23.7 Å².